The van der Waals surface area contributed by atoms with Gasteiger partial charge in [0, 0.05) is 43.7 Å². The van der Waals surface area contributed by atoms with Crippen LogP contribution in [0.5, 0.6) is 0 Å². The zero-order valence-corrected chi connectivity index (χ0v) is 15.2. The van der Waals surface area contributed by atoms with Gasteiger partial charge in [-0.2, -0.15) is 4.68 Å². The number of hydrogen-bond acceptors (Lipinski definition) is 5. The molecule has 0 saturated carbocycles. The molecule has 0 amide bonds. The average Bonchev–Trinajstić information content (AvgIpc) is 3.16. The van der Waals surface area contributed by atoms with Crippen molar-refractivity contribution < 1.29 is 0 Å². The molecule has 0 bridgehead atoms. The van der Waals surface area contributed by atoms with Gasteiger partial charge in [-0.15, -0.1) is 5.10 Å². The molecule has 4 rings (SSSR count). The summed E-state index contributed by atoms with van der Waals surface area (Å²) in [6.07, 6.45) is 0.791. The van der Waals surface area contributed by atoms with Crippen LogP contribution in [0.2, 0.25) is 5.02 Å². The van der Waals surface area contributed by atoms with Crippen LogP contribution in [0.15, 0.2) is 54.6 Å². The number of rotatable bonds is 5. The summed E-state index contributed by atoms with van der Waals surface area (Å²) in [6, 6.07) is 18.4. The molecule has 1 aliphatic heterocycles. The van der Waals surface area contributed by atoms with Crippen LogP contribution in [0.4, 0.5) is 0 Å². The molecule has 1 unspecified atom stereocenters. The van der Waals surface area contributed by atoms with E-state index >= 15 is 0 Å². The van der Waals surface area contributed by atoms with E-state index in [0.717, 1.165) is 49.1 Å². The number of nitrogens with zero attached hydrogens (tertiary/aromatic N) is 5. The molecule has 26 heavy (non-hydrogen) atoms. The summed E-state index contributed by atoms with van der Waals surface area (Å²) < 4.78 is 1.82. The van der Waals surface area contributed by atoms with Gasteiger partial charge in [-0.05, 0) is 40.3 Å². The molecule has 1 aliphatic rings. The first-order chi connectivity index (χ1) is 12.8. The van der Waals surface area contributed by atoms with Gasteiger partial charge in [0.25, 0.3) is 0 Å². The molecule has 6 nitrogen and oxygen atoms in total. The summed E-state index contributed by atoms with van der Waals surface area (Å²) in [6.45, 7) is 3.79. The highest BCUT2D eigenvalue weighted by Crippen LogP contribution is 2.24. The van der Waals surface area contributed by atoms with Crippen LogP contribution < -0.4 is 5.32 Å². The Labute approximate surface area is 157 Å². The van der Waals surface area contributed by atoms with Crippen LogP contribution in [-0.2, 0) is 6.42 Å². The Balaban J connectivity index is 1.49. The molecule has 1 saturated heterocycles. The van der Waals surface area contributed by atoms with Crippen LogP contribution in [0.25, 0.3) is 5.69 Å². The molecule has 7 heteroatoms. The summed E-state index contributed by atoms with van der Waals surface area (Å²) in [7, 11) is 0. The number of hydrogen-bond donors (Lipinski definition) is 1. The number of benzene rings is 2. The molecule has 1 N–H and O–H groups in total. The van der Waals surface area contributed by atoms with Crippen LogP contribution in [-0.4, -0.2) is 51.3 Å². The monoisotopic (exact) mass is 368 g/mol. The standard InChI is InChI=1S/C19H21ClN6/c20-16-6-4-5-15(13-16)18-14-21-10-12-25(18)11-9-19-22-23-24-26(19)17-7-2-1-3-8-17/h1-8,13,18,21H,9-12,14H2. The highest BCUT2D eigenvalue weighted by atomic mass is 35.5. The fraction of sp³-hybridized carbons (Fsp3) is 0.316. The molecule has 2 heterocycles. The molecule has 3 aromatic rings. The molecule has 2 aromatic carbocycles. The molecule has 1 fully saturated rings. The lowest BCUT2D eigenvalue weighted by molar-refractivity contribution is 0.163. The Morgan fingerprint density at radius 1 is 1.12 bits per heavy atom. The van der Waals surface area contributed by atoms with Crippen molar-refractivity contribution in [3.05, 3.63) is 71.0 Å². The molecular formula is C19H21ClN6. The normalized spacial score (nSPS) is 18.1. The van der Waals surface area contributed by atoms with E-state index in [4.69, 9.17) is 11.6 Å². The molecule has 134 valence electrons. The quantitative estimate of drug-likeness (QED) is 0.749. The fourth-order valence-electron chi connectivity index (χ4n) is 3.43. The van der Waals surface area contributed by atoms with E-state index in [0.29, 0.717) is 6.04 Å². The van der Waals surface area contributed by atoms with Crippen molar-refractivity contribution in [3.8, 4) is 5.69 Å². The van der Waals surface area contributed by atoms with Crippen molar-refractivity contribution in [3.63, 3.8) is 0 Å². The molecule has 0 aliphatic carbocycles. The highest BCUT2D eigenvalue weighted by molar-refractivity contribution is 6.30. The van der Waals surface area contributed by atoms with E-state index in [9.17, 15) is 0 Å². The number of para-hydroxylation sites is 1. The maximum Gasteiger partial charge on any atom is 0.157 e. The SMILES string of the molecule is Clc1cccc(C2CNCCN2CCc2nnnn2-c2ccccc2)c1. The van der Waals surface area contributed by atoms with E-state index in [1.165, 1.54) is 5.56 Å². The van der Waals surface area contributed by atoms with Crippen LogP contribution in [0, 0.1) is 0 Å². The molecule has 1 atom stereocenters. The highest BCUT2D eigenvalue weighted by Gasteiger charge is 2.24. The largest absolute Gasteiger partial charge is 0.314 e. The van der Waals surface area contributed by atoms with Crippen molar-refractivity contribution >= 4 is 11.6 Å². The molecule has 0 spiro atoms. The van der Waals surface area contributed by atoms with Gasteiger partial charge in [-0.3, -0.25) is 4.90 Å². The average molecular weight is 369 g/mol. The third-order valence-corrected chi connectivity index (χ3v) is 4.98. The second-order valence-corrected chi connectivity index (χ2v) is 6.84. The Bertz CT molecular complexity index is 850. The predicted octanol–water partition coefficient (Wildman–Crippen LogP) is 2.50. The number of halogens is 1. The summed E-state index contributed by atoms with van der Waals surface area (Å²) in [5, 5.41) is 16.5. The minimum Gasteiger partial charge on any atom is -0.314 e. The smallest absolute Gasteiger partial charge is 0.157 e. The molecular weight excluding hydrogens is 348 g/mol. The Kier molecular flexibility index (Phi) is 5.24. The van der Waals surface area contributed by atoms with Gasteiger partial charge in [0.15, 0.2) is 5.82 Å². The van der Waals surface area contributed by atoms with Crippen molar-refractivity contribution in [2.75, 3.05) is 26.2 Å². The van der Waals surface area contributed by atoms with Gasteiger partial charge >= 0.3 is 0 Å². The number of piperazine rings is 1. The zero-order valence-electron chi connectivity index (χ0n) is 14.4. The predicted molar refractivity (Wildman–Crippen MR) is 101 cm³/mol. The Morgan fingerprint density at radius 3 is 2.85 bits per heavy atom. The second-order valence-electron chi connectivity index (χ2n) is 6.40. The van der Waals surface area contributed by atoms with Gasteiger partial charge in [0.1, 0.15) is 0 Å². The van der Waals surface area contributed by atoms with E-state index in [-0.39, 0.29) is 0 Å². The topological polar surface area (TPSA) is 58.9 Å². The van der Waals surface area contributed by atoms with E-state index in [1.807, 2.05) is 47.1 Å². The van der Waals surface area contributed by atoms with Crippen molar-refractivity contribution in [2.24, 2.45) is 0 Å². The maximum atomic E-state index is 6.19. The first-order valence-corrected chi connectivity index (χ1v) is 9.22. The van der Waals surface area contributed by atoms with Gasteiger partial charge in [0.2, 0.25) is 0 Å². The van der Waals surface area contributed by atoms with Crippen LogP contribution in [0.3, 0.4) is 0 Å². The lowest BCUT2D eigenvalue weighted by atomic mass is 10.0. The number of nitrogens with one attached hydrogen (secondary N) is 1. The number of aromatic nitrogens is 4. The first kappa shape index (κ1) is 17.1. The third-order valence-electron chi connectivity index (χ3n) is 4.75. The Morgan fingerprint density at radius 2 is 2.00 bits per heavy atom. The summed E-state index contributed by atoms with van der Waals surface area (Å²) in [4.78, 5) is 2.48. The zero-order chi connectivity index (χ0) is 17.8. The Hall–Kier alpha value is -2.28. The van der Waals surface area contributed by atoms with Gasteiger partial charge in [-0.25, -0.2) is 0 Å². The lowest BCUT2D eigenvalue weighted by Gasteiger charge is -2.36. The van der Waals surface area contributed by atoms with Gasteiger partial charge < -0.3 is 5.32 Å². The minimum absolute atomic E-state index is 0.309. The third kappa shape index (κ3) is 3.77. The number of tetrazole rings is 1. The summed E-state index contributed by atoms with van der Waals surface area (Å²) in [5.41, 5.74) is 2.23. The van der Waals surface area contributed by atoms with Gasteiger partial charge in [-0.1, -0.05) is 41.9 Å². The molecule has 1 aromatic heterocycles. The van der Waals surface area contributed by atoms with Crippen LogP contribution >= 0.6 is 11.6 Å². The van der Waals surface area contributed by atoms with Gasteiger partial charge in [0.05, 0.1) is 5.69 Å². The summed E-state index contributed by atoms with van der Waals surface area (Å²) >= 11 is 6.19. The van der Waals surface area contributed by atoms with E-state index in [1.54, 1.807) is 0 Å². The minimum atomic E-state index is 0.309. The van der Waals surface area contributed by atoms with E-state index in [2.05, 4.69) is 37.9 Å². The maximum absolute atomic E-state index is 6.19. The first-order valence-electron chi connectivity index (χ1n) is 8.84. The van der Waals surface area contributed by atoms with Crippen LogP contribution in [0.1, 0.15) is 17.4 Å². The van der Waals surface area contributed by atoms with E-state index < -0.39 is 0 Å². The van der Waals surface area contributed by atoms with Crippen molar-refractivity contribution in [1.29, 1.82) is 0 Å². The summed E-state index contributed by atoms with van der Waals surface area (Å²) in [5.74, 6) is 0.875. The van der Waals surface area contributed by atoms with Crippen molar-refractivity contribution in [1.82, 2.24) is 30.4 Å². The lowest BCUT2D eigenvalue weighted by Crippen LogP contribution is -2.46. The second kappa shape index (κ2) is 7.95. The fourth-order valence-corrected chi connectivity index (χ4v) is 3.63. The van der Waals surface area contributed by atoms with Crippen molar-refractivity contribution in [2.45, 2.75) is 12.5 Å². The molecule has 0 radical (unpaired) electrons.